The molecule has 0 aromatic carbocycles. The maximum absolute atomic E-state index is 10.1. The highest BCUT2D eigenvalue weighted by Gasteiger charge is 2.43. The Morgan fingerprint density at radius 3 is 2.80 bits per heavy atom. The molecule has 0 unspecified atom stereocenters. The van der Waals surface area contributed by atoms with Crippen LogP contribution in [-0.2, 0) is 4.74 Å². The first-order valence-electron chi connectivity index (χ1n) is 6.07. The summed E-state index contributed by atoms with van der Waals surface area (Å²) in [6.45, 7) is -0.361. The van der Waals surface area contributed by atoms with Gasteiger partial charge in [-0.05, 0) is 28.7 Å². The molecule has 108 valence electrons. The monoisotopic (exact) mass is 391 g/mol. The fourth-order valence-electron chi connectivity index (χ4n) is 2.46. The standard InChI is InChI=1S/C12H14IN3O4/c13-5-3-16(11-8(5)6(14)1-2-15-11)12-10(19)9(18)7(4-17)20-12/h1-3,7,9-10,12,17-19H,4H2,(H2,14,15)/t7-,9-,10-,12-/m1/s1. The number of aliphatic hydroxyl groups is 3. The summed E-state index contributed by atoms with van der Waals surface area (Å²) >= 11 is 2.13. The molecule has 8 heteroatoms. The van der Waals surface area contributed by atoms with Crippen molar-refractivity contribution in [3.05, 3.63) is 22.0 Å². The van der Waals surface area contributed by atoms with Crippen molar-refractivity contribution in [3.63, 3.8) is 0 Å². The average Bonchev–Trinajstić information content (AvgIpc) is 2.90. The zero-order chi connectivity index (χ0) is 14.4. The summed E-state index contributed by atoms with van der Waals surface area (Å²) in [5.41, 5.74) is 7.09. The topological polar surface area (TPSA) is 114 Å². The summed E-state index contributed by atoms with van der Waals surface area (Å²) in [7, 11) is 0. The van der Waals surface area contributed by atoms with Crippen LogP contribution in [0.25, 0.3) is 11.0 Å². The van der Waals surface area contributed by atoms with Crippen molar-refractivity contribution >= 4 is 39.3 Å². The Labute approximate surface area is 128 Å². The third-order valence-corrected chi connectivity index (χ3v) is 4.31. The molecule has 5 N–H and O–H groups in total. The highest BCUT2D eigenvalue weighted by atomic mass is 127. The number of aliphatic hydroxyl groups excluding tert-OH is 3. The van der Waals surface area contributed by atoms with Gasteiger partial charge in [-0.2, -0.15) is 0 Å². The summed E-state index contributed by atoms with van der Waals surface area (Å²) < 4.78 is 8.02. The second-order valence-corrected chi connectivity index (χ2v) is 5.87. The Balaban J connectivity index is 2.10. The third-order valence-electron chi connectivity index (χ3n) is 3.49. The van der Waals surface area contributed by atoms with Gasteiger partial charge in [0.15, 0.2) is 6.23 Å². The molecule has 3 heterocycles. The number of halogens is 1. The molecule has 7 nitrogen and oxygen atoms in total. The Morgan fingerprint density at radius 2 is 2.15 bits per heavy atom. The van der Waals surface area contributed by atoms with Gasteiger partial charge in [-0.15, -0.1) is 0 Å². The Bertz CT molecular complexity index is 647. The fraction of sp³-hybridized carbons (Fsp3) is 0.417. The Kier molecular flexibility index (Phi) is 3.58. The molecular weight excluding hydrogens is 377 g/mol. The lowest BCUT2D eigenvalue weighted by molar-refractivity contribution is -0.0509. The number of aromatic nitrogens is 2. The maximum Gasteiger partial charge on any atom is 0.164 e. The molecule has 3 rings (SSSR count). The van der Waals surface area contributed by atoms with E-state index >= 15 is 0 Å². The van der Waals surface area contributed by atoms with Crippen LogP contribution >= 0.6 is 22.6 Å². The summed E-state index contributed by atoms with van der Waals surface area (Å²) in [5, 5.41) is 29.8. The van der Waals surface area contributed by atoms with Crippen LogP contribution in [-0.4, -0.2) is 49.8 Å². The van der Waals surface area contributed by atoms with Crippen molar-refractivity contribution in [2.75, 3.05) is 12.3 Å². The summed E-state index contributed by atoms with van der Waals surface area (Å²) in [6, 6.07) is 1.70. The number of nitrogens with two attached hydrogens (primary N) is 1. The highest BCUT2D eigenvalue weighted by Crippen LogP contribution is 2.35. The fourth-order valence-corrected chi connectivity index (χ4v) is 3.31. The van der Waals surface area contributed by atoms with E-state index in [4.69, 9.17) is 15.6 Å². The van der Waals surface area contributed by atoms with E-state index in [2.05, 4.69) is 27.6 Å². The molecule has 2 aromatic heterocycles. The lowest BCUT2D eigenvalue weighted by Gasteiger charge is -2.17. The van der Waals surface area contributed by atoms with Gasteiger partial charge in [0.2, 0.25) is 0 Å². The van der Waals surface area contributed by atoms with Gasteiger partial charge in [-0.25, -0.2) is 4.98 Å². The molecule has 4 atom stereocenters. The minimum Gasteiger partial charge on any atom is -0.398 e. The van der Waals surface area contributed by atoms with Gasteiger partial charge in [0, 0.05) is 21.7 Å². The molecule has 2 aromatic rings. The van der Waals surface area contributed by atoms with Crippen LogP contribution < -0.4 is 5.73 Å². The second kappa shape index (κ2) is 5.11. The van der Waals surface area contributed by atoms with Crippen LogP contribution in [0.1, 0.15) is 6.23 Å². The van der Waals surface area contributed by atoms with Crippen molar-refractivity contribution in [3.8, 4) is 0 Å². The van der Waals surface area contributed by atoms with Gasteiger partial charge in [0.1, 0.15) is 24.0 Å². The molecule has 0 amide bonds. The highest BCUT2D eigenvalue weighted by molar-refractivity contribution is 14.1. The van der Waals surface area contributed by atoms with E-state index in [1.165, 1.54) is 0 Å². The zero-order valence-electron chi connectivity index (χ0n) is 10.3. The van der Waals surface area contributed by atoms with E-state index in [-0.39, 0.29) is 6.61 Å². The normalized spacial score (nSPS) is 30.2. The van der Waals surface area contributed by atoms with E-state index in [1.54, 1.807) is 23.0 Å². The van der Waals surface area contributed by atoms with E-state index in [9.17, 15) is 10.2 Å². The van der Waals surface area contributed by atoms with Crippen LogP contribution in [0.3, 0.4) is 0 Å². The minimum atomic E-state index is -1.14. The average molecular weight is 391 g/mol. The van der Waals surface area contributed by atoms with Gasteiger partial charge in [-0.1, -0.05) is 0 Å². The number of anilines is 1. The molecule has 0 aliphatic carbocycles. The molecule has 1 saturated heterocycles. The van der Waals surface area contributed by atoms with Crippen molar-refractivity contribution in [1.29, 1.82) is 0 Å². The van der Waals surface area contributed by atoms with Crippen LogP contribution in [0, 0.1) is 3.57 Å². The predicted octanol–water partition coefficient (Wildman–Crippen LogP) is -0.165. The number of hydrogen-bond acceptors (Lipinski definition) is 6. The number of hydrogen-bond donors (Lipinski definition) is 4. The first-order valence-corrected chi connectivity index (χ1v) is 7.15. The number of nitrogen functional groups attached to an aromatic ring is 1. The van der Waals surface area contributed by atoms with Crippen LogP contribution in [0.5, 0.6) is 0 Å². The van der Waals surface area contributed by atoms with Crippen molar-refractivity contribution in [1.82, 2.24) is 9.55 Å². The molecule has 0 radical (unpaired) electrons. The summed E-state index contributed by atoms with van der Waals surface area (Å²) in [5.74, 6) is 0. The van der Waals surface area contributed by atoms with E-state index in [1.807, 2.05) is 0 Å². The SMILES string of the molecule is Nc1ccnc2c1c(I)cn2[C@@H]1O[C@H](CO)[C@@H](O)[C@H]1O. The van der Waals surface area contributed by atoms with Gasteiger partial charge in [-0.3, -0.25) is 0 Å². The minimum absolute atomic E-state index is 0.361. The van der Waals surface area contributed by atoms with Gasteiger partial charge >= 0.3 is 0 Å². The van der Waals surface area contributed by atoms with E-state index in [0.29, 0.717) is 11.3 Å². The maximum atomic E-state index is 10.1. The molecule has 0 spiro atoms. The Hall–Kier alpha value is -0.940. The van der Waals surface area contributed by atoms with E-state index in [0.717, 1.165) is 8.96 Å². The second-order valence-electron chi connectivity index (χ2n) is 4.71. The zero-order valence-corrected chi connectivity index (χ0v) is 12.5. The molecule has 1 fully saturated rings. The number of fused-ring (bicyclic) bond motifs is 1. The molecule has 1 aliphatic heterocycles. The number of pyridine rings is 1. The van der Waals surface area contributed by atoms with Crippen molar-refractivity contribution < 1.29 is 20.1 Å². The first-order chi connectivity index (χ1) is 9.54. The number of nitrogens with zero attached hydrogens (tertiary/aromatic N) is 2. The van der Waals surface area contributed by atoms with Crippen LogP contribution in [0.4, 0.5) is 5.69 Å². The van der Waals surface area contributed by atoms with Gasteiger partial charge in [0.05, 0.1) is 12.0 Å². The molecular formula is C12H14IN3O4. The van der Waals surface area contributed by atoms with E-state index < -0.39 is 24.5 Å². The predicted molar refractivity (Wildman–Crippen MR) is 79.9 cm³/mol. The molecule has 0 saturated carbocycles. The molecule has 0 bridgehead atoms. The van der Waals surface area contributed by atoms with Crippen LogP contribution in [0.15, 0.2) is 18.5 Å². The largest absolute Gasteiger partial charge is 0.398 e. The van der Waals surface area contributed by atoms with Crippen molar-refractivity contribution in [2.24, 2.45) is 0 Å². The Morgan fingerprint density at radius 1 is 1.40 bits per heavy atom. The lowest BCUT2D eigenvalue weighted by atomic mass is 10.1. The van der Waals surface area contributed by atoms with Gasteiger partial charge in [0.25, 0.3) is 0 Å². The third kappa shape index (κ3) is 1.99. The number of ether oxygens (including phenoxy) is 1. The smallest absolute Gasteiger partial charge is 0.164 e. The first kappa shape index (κ1) is 14.0. The summed E-state index contributed by atoms with van der Waals surface area (Å²) in [4.78, 5) is 4.26. The number of rotatable bonds is 2. The molecule has 20 heavy (non-hydrogen) atoms. The lowest BCUT2D eigenvalue weighted by Crippen LogP contribution is -2.33. The van der Waals surface area contributed by atoms with Crippen LogP contribution in [0.2, 0.25) is 0 Å². The molecule has 1 aliphatic rings. The quantitative estimate of drug-likeness (QED) is 0.529. The van der Waals surface area contributed by atoms with Gasteiger partial charge < -0.3 is 30.4 Å². The summed E-state index contributed by atoms with van der Waals surface area (Å²) in [6.07, 6.45) is -0.558. The van der Waals surface area contributed by atoms with Crippen molar-refractivity contribution in [2.45, 2.75) is 24.5 Å².